The van der Waals surface area contributed by atoms with E-state index in [1.807, 2.05) is 109 Å². The summed E-state index contributed by atoms with van der Waals surface area (Å²) in [6.45, 7) is 5.81. The Bertz CT molecular complexity index is 1840. The van der Waals surface area contributed by atoms with Crippen molar-refractivity contribution >= 4 is 17.8 Å². The number of hydrogen-bond donors (Lipinski definition) is 2. The second-order valence-corrected chi connectivity index (χ2v) is 16.3. The van der Waals surface area contributed by atoms with Gasteiger partial charge in [-0.1, -0.05) is 84.9 Å². The van der Waals surface area contributed by atoms with Crippen LogP contribution in [0.3, 0.4) is 0 Å². The molecular weight excluding hydrogens is 689 g/mol. The molecule has 0 unspecified atom stereocenters. The lowest BCUT2D eigenvalue weighted by atomic mass is 9.90. The molecule has 4 atom stereocenters. The molecule has 2 N–H and O–H groups in total. The summed E-state index contributed by atoms with van der Waals surface area (Å²) in [5.74, 6) is 0.0438. The molecule has 4 amide bonds. The first-order valence-electron chi connectivity index (χ1n) is 19.9. The normalized spacial score (nSPS) is 23.2. The molecule has 55 heavy (non-hydrogen) atoms. The number of urea groups is 1. The van der Waals surface area contributed by atoms with E-state index < -0.39 is 30.1 Å². The molecule has 0 aromatic heterocycles. The van der Waals surface area contributed by atoms with Crippen LogP contribution >= 0.6 is 0 Å². The predicted octanol–water partition coefficient (Wildman–Crippen LogP) is 7.15. The number of rotatable bonds is 14. The molecular formula is C46H52N4O5. The highest BCUT2D eigenvalue weighted by atomic mass is 16.8. The maximum absolute atomic E-state index is 15.5. The van der Waals surface area contributed by atoms with Crippen LogP contribution < -0.4 is 10.6 Å². The van der Waals surface area contributed by atoms with Gasteiger partial charge in [0, 0.05) is 37.3 Å². The maximum atomic E-state index is 15.5. The van der Waals surface area contributed by atoms with Crippen molar-refractivity contribution in [3.05, 3.63) is 143 Å². The van der Waals surface area contributed by atoms with Crippen molar-refractivity contribution in [2.45, 2.75) is 95.5 Å². The topological polar surface area (TPSA) is 100 Å². The smallest absolute Gasteiger partial charge is 0.321 e. The molecule has 2 aliphatic heterocycles. The number of nitrogens with zero attached hydrogens (tertiary/aromatic N) is 2. The van der Waals surface area contributed by atoms with E-state index in [9.17, 15) is 9.59 Å². The summed E-state index contributed by atoms with van der Waals surface area (Å²) >= 11 is 0. The lowest BCUT2D eigenvalue weighted by Gasteiger charge is -2.37. The standard InChI is InChI=1S/C46H52N4O5/c1-46(2)54-41-39(25-31-11-5-3-6-12-31)49(29-35-15-9-17-37(23-35)43(51)47-27-33-19-20-33)45(53)50(40(42(41)55-46)26-32-13-7-4-8-14-32)30-36-16-10-18-38(24-36)44(52)48-28-34-21-22-34/h3-18,23-24,33-34,39-42H,19-22,25-30H2,1-2H3,(H,47,51)(H,48,52)/t39-,40-,41+,42+/m1/s1. The fraction of sp³-hybridized carbons (Fsp3) is 0.413. The second kappa shape index (κ2) is 16.0. The van der Waals surface area contributed by atoms with Crippen molar-refractivity contribution in [1.29, 1.82) is 0 Å². The number of fused-ring (bicyclic) bond motifs is 1. The van der Waals surface area contributed by atoms with Gasteiger partial charge in [-0.2, -0.15) is 0 Å². The number of carbonyl (C=O) groups excluding carboxylic acids is 3. The predicted molar refractivity (Wildman–Crippen MR) is 211 cm³/mol. The Morgan fingerprint density at radius 1 is 0.600 bits per heavy atom. The molecule has 8 rings (SSSR count). The van der Waals surface area contributed by atoms with Crippen molar-refractivity contribution in [1.82, 2.24) is 20.4 Å². The van der Waals surface area contributed by atoms with Crippen LogP contribution in [0.4, 0.5) is 4.79 Å². The summed E-state index contributed by atoms with van der Waals surface area (Å²) in [5.41, 5.74) is 5.05. The summed E-state index contributed by atoms with van der Waals surface area (Å²) in [5, 5.41) is 6.18. The molecule has 2 heterocycles. The molecule has 4 fully saturated rings. The zero-order chi connectivity index (χ0) is 37.9. The van der Waals surface area contributed by atoms with Crippen LogP contribution in [0.1, 0.15) is 82.5 Å². The van der Waals surface area contributed by atoms with E-state index in [1.165, 1.54) is 0 Å². The van der Waals surface area contributed by atoms with Crippen LogP contribution in [-0.4, -0.2) is 70.8 Å². The van der Waals surface area contributed by atoms with Gasteiger partial charge in [-0.15, -0.1) is 0 Å². The van der Waals surface area contributed by atoms with Gasteiger partial charge in [-0.25, -0.2) is 4.79 Å². The SMILES string of the molecule is CC1(C)O[C@@H]2[C@@H](O1)[C@@H](Cc1ccccc1)N(Cc1cccc(C(=O)NCC3CC3)c1)C(=O)N(Cc1cccc(C(=O)NCC3CC3)c1)[C@@H]2Cc1ccccc1. The molecule has 4 aliphatic rings. The number of benzene rings is 4. The molecule has 4 aromatic carbocycles. The summed E-state index contributed by atoms with van der Waals surface area (Å²) in [6, 6.07) is 34.8. The van der Waals surface area contributed by atoms with Crippen LogP contribution in [-0.2, 0) is 35.4 Å². The van der Waals surface area contributed by atoms with Crippen LogP contribution in [0.2, 0.25) is 0 Å². The van der Waals surface area contributed by atoms with Crippen LogP contribution in [0.15, 0.2) is 109 Å². The van der Waals surface area contributed by atoms with Gasteiger partial charge in [0.1, 0.15) is 12.2 Å². The summed E-state index contributed by atoms with van der Waals surface area (Å²) in [7, 11) is 0. The highest BCUT2D eigenvalue weighted by Gasteiger charge is 2.55. The lowest BCUT2D eigenvalue weighted by molar-refractivity contribution is -0.157. The molecule has 9 nitrogen and oxygen atoms in total. The number of carbonyl (C=O) groups is 3. The third kappa shape index (κ3) is 9.11. The van der Waals surface area contributed by atoms with Crippen LogP contribution in [0.25, 0.3) is 0 Å². The van der Waals surface area contributed by atoms with Gasteiger partial charge >= 0.3 is 6.03 Å². The minimum absolute atomic E-state index is 0.100. The molecule has 0 radical (unpaired) electrons. The fourth-order valence-electron chi connectivity index (χ4n) is 8.09. The number of nitrogens with one attached hydrogen (secondary N) is 2. The van der Waals surface area contributed by atoms with Gasteiger partial charge in [-0.3, -0.25) is 9.59 Å². The first-order chi connectivity index (χ1) is 26.7. The third-order valence-corrected chi connectivity index (χ3v) is 11.4. The molecule has 2 aliphatic carbocycles. The zero-order valence-electron chi connectivity index (χ0n) is 31.9. The summed E-state index contributed by atoms with van der Waals surface area (Å²) in [6.07, 6.45) is 4.82. The van der Waals surface area contributed by atoms with Crippen molar-refractivity contribution < 1.29 is 23.9 Å². The van der Waals surface area contributed by atoms with Gasteiger partial charge in [0.05, 0.1) is 12.1 Å². The first-order valence-corrected chi connectivity index (χ1v) is 19.9. The minimum atomic E-state index is -0.893. The molecule has 9 heteroatoms. The summed E-state index contributed by atoms with van der Waals surface area (Å²) in [4.78, 5) is 45.9. The Balaban J connectivity index is 1.18. The van der Waals surface area contributed by atoms with E-state index in [0.29, 0.717) is 48.9 Å². The number of amides is 4. The molecule has 0 bridgehead atoms. The Hall–Kier alpha value is -4.99. The minimum Gasteiger partial charge on any atom is -0.352 e. The van der Waals surface area contributed by atoms with E-state index in [1.54, 1.807) is 0 Å². The Morgan fingerprint density at radius 2 is 1.00 bits per heavy atom. The van der Waals surface area contributed by atoms with Gasteiger partial charge in [0.15, 0.2) is 5.79 Å². The quantitative estimate of drug-likeness (QED) is 0.143. The average Bonchev–Trinajstić information content (AvgIpc) is 4.15. The molecule has 2 saturated carbocycles. The van der Waals surface area contributed by atoms with E-state index in [2.05, 4.69) is 34.9 Å². The lowest BCUT2D eigenvalue weighted by Crippen LogP contribution is -2.51. The maximum Gasteiger partial charge on any atom is 0.321 e. The first kappa shape index (κ1) is 37.0. The van der Waals surface area contributed by atoms with Crippen LogP contribution in [0, 0.1) is 11.8 Å². The average molecular weight is 741 g/mol. The monoisotopic (exact) mass is 740 g/mol. The van der Waals surface area contributed by atoms with Gasteiger partial charge in [-0.05, 0) is 111 Å². The van der Waals surface area contributed by atoms with Crippen molar-refractivity contribution in [2.24, 2.45) is 11.8 Å². The largest absolute Gasteiger partial charge is 0.352 e. The summed E-state index contributed by atoms with van der Waals surface area (Å²) < 4.78 is 13.7. The Kier molecular flexibility index (Phi) is 10.8. The van der Waals surface area contributed by atoms with Gasteiger partial charge in [0.2, 0.25) is 0 Å². The third-order valence-electron chi connectivity index (χ3n) is 11.4. The Morgan fingerprint density at radius 3 is 1.40 bits per heavy atom. The van der Waals surface area contributed by atoms with E-state index in [-0.39, 0.29) is 30.9 Å². The molecule has 4 aromatic rings. The fourth-order valence-corrected chi connectivity index (χ4v) is 8.09. The van der Waals surface area contributed by atoms with E-state index in [4.69, 9.17) is 9.47 Å². The van der Waals surface area contributed by atoms with Crippen molar-refractivity contribution in [3.8, 4) is 0 Å². The van der Waals surface area contributed by atoms with Gasteiger partial charge < -0.3 is 29.9 Å². The molecule has 2 saturated heterocycles. The number of ether oxygens (including phenoxy) is 2. The van der Waals surface area contributed by atoms with Crippen molar-refractivity contribution in [3.63, 3.8) is 0 Å². The number of hydrogen-bond acceptors (Lipinski definition) is 5. The highest BCUT2D eigenvalue weighted by Crippen LogP contribution is 2.40. The zero-order valence-corrected chi connectivity index (χ0v) is 31.9. The Labute approximate surface area is 324 Å². The van der Waals surface area contributed by atoms with E-state index >= 15 is 4.79 Å². The van der Waals surface area contributed by atoms with E-state index in [0.717, 1.165) is 47.9 Å². The second-order valence-electron chi connectivity index (χ2n) is 16.3. The van der Waals surface area contributed by atoms with Gasteiger partial charge in [0.25, 0.3) is 11.8 Å². The highest BCUT2D eigenvalue weighted by molar-refractivity contribution is 5.95. The molecule has 286 valence electrons. The van der Waals surface area contributed by atoms with Crippen LogP contribution in [0.5, 0.6) is 0 Å². The molecule has 0 spiro atoms. The van der Waals surface area contributed by atoms with Crippen molar-refractivity contribution in [2.75, 3.05) is 13.1 Å².